The number of halogens is 1. The van der Waals surface area contributed by atoms with Crippen LogP contribution in [-0.2, 0) is 19.1 Å². The van der Waals surface area contributed by atoms with Crippen molar-refractivity contribution in [1.29, 1.82) is 0 Å². The largest absolute Gasteiger partial charge is 0.284 e. The third-order valence-electron chi connectivity index (χ3n) is 2.33. The highest BCUT2D eigenvalue weighted by Crippen LogP contribution is 2.24. The molecule has 0 aliphatic heterocycles. The first-order chi connectivity index (χ1) is 8.80. The van der Waals surface area contributed by atoms with Crippen molar-refractivity contribution in [2.24, 2.45) is 5.41 Å². The minimum absolute atomic E-state index is 0.0297. The van der Waals surface area contributed by atoms with Crippen molar-refractivity contribution in [3.8, 4) is 0 Å². The second-order valence-corrected chi connectivity index (χ2v) is 10.1. The van der Waals surface area contributed by atoms with Crippen LogP contribution in [-0.4, -0.2) is 22.6 Å². The van der Waals surface area contributed by atoms with Gasteiger partial charge in [0.1, 0.15) is 0 Å². The molecule has 114 valence electrons. The number of benzene rings is 1. The monoisotopic (exact) mass is 339 g/mol. The summed E-state index contributed by atoms with van der Waals surface area (Å²) in [4.78, 5) is -0.0297. The number of aryl methyl sites for hydroxylation is 1. The van der Waals surface area contributed by atoms with Crippen LogP contribution >= 0.6 is 10.7 Å². The Morgan fingerprint density at radius 3 is 2.10 bits per heavy atom. The highest BCUT2D eigenvalue weighted by atomic mass is 35.7. The number of rotatable bonds is 4. The van der Waals surface area contributed by atoms with E-state index in [0.29, 0.717) is 11.3 Å². The Bertz CT molecular complexity index is 703. The third-order valence-corrected chi connectivity index (χ3v) is 5.61. The van der Waals surface area contributed by atoms with Gasteiger partial charge in [0.25, 0.3) is 9.05 Å². The van der Waals surface area contributed by atoms with Gasteiger partial charge in [-0.15, -0.1) is 0 Å². The zero-order valence-electron chi connectivity index (χ0n) is 11.8. The predicted molar refractivity (Wildman–Crippen MR) is 81.1 cm³/mol. The van der Waals surface area contributed by atoms with E-state index in [4.69, 9.17) is 10.7 Å². The Morgan fingerprint density at radius 1 is 1.15 bits per heavy atom. The predicted octanol–water partition coefficient (Wildman–Crippen LogP) is 2.71. The molecule has 0 spiro atoms. The molecule has 20 heavy (non-hydrogen) atoms. The molecule has 0 amide bonds. The number of hydrogen-bond donors (Lipinski definition) is 1. The molecule has 0 atom stereocenters. The van der Waals surface area contributed by atoms with Gasteiger partial charge in [0.05, 0.1) is 10.6 Å². The first kappa shape index (κ1) is 17.3. The van der Waals surface area contributed by atoms with Crippen molar-refractivity contribution >= 4 is 35.4 Å². The van der Waals surface area contributed by atoms with Crippen molar-refractivity contribution in [1.82, 2.24) is 0 Å². The quantitative estimate of drug-likeness (QED) is 0.855. The molecule has 0 radical (unpaired) electrons. The van der Waals surface area contributed by atoms with Gasteiger partial charge in [-0.2, -0.15) is 0 Å². The summed E-state index contributed by atoms with van der Waals surface area (Å²) in [7, 11) is -2.05. The average molecular weight is 340 g/mol. The van der Waals surface area contributed by atoms with Crippen LogP contribution in [0.4, 0.5) is 5.69 Å². The fraction of sp³-hybridized carbons (Fsp3) is 0.500. The Balaban J connectivity index is 3.05. The summed E-state index contributed by atoms with van der Waals surface area (Å²) >= 11 is 0. The summed E-state index contributed by atoms with van der Waals surface area (Å²) in [6.45, 7) is 7.01. The van der Waals surface area contributed by atoms with Crippen molar-refractivity contribution < 1.29 is 16.8 Å². The zero-order chi connectivity index (χ0) is 15.8. The molecular weight excluding hydrogens is 322 g/mol. The lowest BCUT2D eigenvalue weighted by Crippen LogP contribution is -2.26. The van der Waals surface area contributed by atoms with E-state index in [0.717, 1.165) is 0 Å². The van der Waals surface area contributed by atoms with E-state index in [1.807, 2.05) is 20.8 Å². The van der Waals surface area contributed by atoms with Crippen LogP contribution in [0.3, 0.4) is 0 Å². The molecule has 0 unspecified atom stereocenters. The molecule has 1 rings (SSSR count). The van der Waals surface area contributed by atoms with Gasteiger partial charge >= 0.3 is 0 Å². The van der Waals surface area contributed by atoms with E-state index >= 15 is 0 Å². The van der Waals surface area contributed by atoms with E-state index in [9.17, 15) is 16.8 Å². The van der Waals surface area contributed by atoms with Gasteiger partial charge in [-0.25, -0.2) is 16.8 Å². The fourth-order valence-corrected chi connectivity index (χ4v) is 4.66. The molecule has 0 aliphatic rings. The summed E-state index contributed by atoms with van der Waals surface area (Å²) < 4.78 is 48.9. The SMILES string of the molecule is Cc1cc(NS(=O)(=O)CC(C)(C)C)ccc1S(=O)(=O)Cl. The van der Waals surface area contributed by atoms with E-state index in [2.05, 4.69) is 4.72 Å². The zero-order valence-corrected chi connectivity index (χ0v) is 14.2. The van der Waals surface area contributed by atoms with Crippen molar-refractivity contribution in [3.05, 3.63) is 23.8 Å². The first-order valence-corrected chi connectivity index (χ1v) is 9.82. The summed E-state index contributed by atoms with van der Waals surface area (Å²) in [6, 6.07) is 4.10. The second-order valence-electron chi connectivity index (χ2n) is 5.84. The maximum absolute atomic E-state index is 12.0. The van der Waals surface area contributed by atoms with Crippen LogP contribution in [0, 0.1) is 12.3 Å². The first-order valence-electron chi connectivity index (χ1n) is 5.86. The molecule has 0 saturated heterocycles. The maximum atomic E-state index is 12.0. The highest BCUT2D eigenvalue weighted by molar-refractivity contribution is 8.13. The van der Waals surface area contributed by atoms with Gasteiger partial charge in [-0.3, -0.25) is 4.72 Å². The molecular formula is C12H18ClNO4S2. The minimum atomic E-state index is -3.83. The van der Waals surface area contributed by atoms with Gasteiger partial charge in [-0.1, -0.05) is 20.8 Å². The lowest BCUT2D eigenvalue weighted by molar-refractivity contribution is 0.463. The van der Waals surface area contributed by atoms with Crippen LogP contribution in [0.2, 0.25) is 0 Å². The number of nitrogens with one attached hydrogen (secondary N) is 1. The minimum Gasteiger partial charge on any atom is -0.284 e. The van der Waals surface area contributed by atoms with Crippen molar-refractivity contribution in [2.45, 2.75) is 32.6 Å². The molecule has 0 bridgehead atoms. The molecule has 5 nitrogen and oxygen atoms in total. The molecule has 1 aromatic rings. The Morgan fingerprint density at radius 2 is 1.70 bits per heavy atom. The Kier molecular flexibility index (Phi) is 4.78. The van der Waals surface area contributed by atoms with Gasteiger partial charge in [0.15, 0.2) is 0 Å². The van der Waals surface area contributed by atoms with Crippen LogP contribution in [0.25, 0.3) is 0 Å². The maximum Gasteiger partial charge on any atom is 0.261 e. The number of hydrogen-bond acceptors (Lipinski definition) is 4. The highest BCUT2D eigenvalue weighted by Gasteiger charge is 2.22. The molecule has 8 heteroatoms. The lowest BCUT2D eigenvalue weighted by Gasteiger charge is -2.19. The molecule has 0 saturated carbocycles. The topological polar surface area (TPSA) is 80.3 Å². The lowest BCUT2D eigenvalue weighted by atomic mass is 10.0. The fourth-order valence-electron chi connectivity index (χ4n) is 1.77. The van der Waals surface area contributed by atoms with Crippen LogP contribution in [0.1, 0.15) is 26.3 Å². The van der Waals surface area contributed by atoms with Crippen LogP contribution in [0.5, 0.6) is 0 Å². The van der Waals surface area contributed by atoms with Gasteiger partial charge in [0, 0.05) is 16.4 Å². The van der Waals surface area contributed by atoms with Gasteiger partial charge < -0.3 is 0 Å². The number of anilines is 1. The summed E-state index contributed by atoms with van der Waals surface area (Å²) in [5, 5.41) is 0. The van der Waals surface area contributed by atoms with Gasteiger partial charge in [-0.05, 0) is 36.1 Å². The normalized spacial score (nSPS) is 13.2. The molecule has 0 fully saturated rings. The molecule has 1 aromatic carbocycles. The van der Waals surface area contributed by atoms with E-state index < -0.39 is 19.1 Å². The average Bonchev–Trinajstić information content (AvgIpc) is 2.09. The standard InChI is InChI=1S/C12H18ClNO4S2/c1-9-7-10(5-6-11(9)20(13,17)18)14-19(15,16)8-12(2,3)4/h5-7,14H,8H2,1-4H3. The third kappa shape index (κ3) is 5.30. The molecule has 0 heterocycles. The summed E-state index contributed by atoms with van der Waals surface area (Å²) in [6.07, 6.45) is 0. The van der Waals surface area contributed by atoms with Crippen LogP contribution < -0.4 is 4.72 Å². The van der Waals surface area contributed by atoms with E-state index in [-0.39, 0.29) is 16.1 Å². The molecule has 0 aliphatic carbocycles. The van der Waals surface area contributed by atoms with Gasteiger partial charge in [0.2, 0.25) is 10.0 Å². The smallest absolute Gasteiger partial charge is 0.261 e. The molecule has 0 aromatic heterocycles. The van der Waals surface area contributed by atoms with Crippen molar-refractivity contribution in [3.63, 3.8) is 0 Å². The molecule has 1 N–H and O–H groups in total. The second kappa shape index (κ2) is 5.54. The van der Waals surface area contributed by atoms with Crippen molar-refractivity contribution in [2.75, 3.05) is 10.5 Å². The van der Waals surface area contributed by atoms with Crippen LogP contribution in [0.15, 0.2) is 23.1 Å². The number of sulfonamides is 1. The Hall–Kier alpha value is -0.790. The summed E-state index contributed by atoms with van der Waals surface area (Å²) in [5.74, 6) is -0.0331. The Labute approximate surface area is 124 Å². The van der Waals surface area contributed by atoms with E-state index in [1.165, 1.54) is 18.2 Å². The van der Waals surface area contributed by atoms with E-state index in [1.54, 1.807) is 6.92 Å². The summed E-state index contributed by atoms with van der Waals surface area (Å²) in [5.41, 5.74) is 0.326.